The summed E-state index contributed by atoms with van der Waals surface area (Å²) in [5.74, 6) is 0.693. The largest absolute Gasteiger partial charge is 0.490 e. The van der Waals surface area contributed by atoms with Gasteiger partial charge in [-0.3, -0.25) is 9.52 Å². The van der Waals surface area contributed by atoms with E-state index in [2.05, 4.69) is 10.0 Å². The van der Waals surface area contributed by atoms with Crippen LogP contribution in [0.5, 0.6) is 11.5 Å². The van der Waals surface area contributed by atoms with Gasteiger partial charge in [0.2, 0.25) is 0 Å². The van der Waals surface area contributed by atoms with Crippen molar-refractivity contribution < 1.29 is 22.7 Å². The number of hydrogen-bond acceptors (Lipinski definition) is 5. The molecule has 0 bridgehead atoms. The molecule has 0 saturated carbocycles. The van der Waals surface area contributed by atoms with Crippen molar-refractivity contribution in [3.05, 3.63) is 113 Å². The Morgan fingerprint density at radius 1 is 0.838 bits per heavy atom. The summed E-state index contributed by atoms with van der Waals surface area (Å²) in [7, 11) is -3.89. The number of carbonyl (C=O) groups excluding carboxylic acids is 1. The Balaban J connectivity index is 1.45. The first-order valence-corrected chi connectivity index (χ1v) is 13.3. The van der Waals surface area contributed by atoms with Crippen LogP contribution in [0.2, 0.25) is 5.02 Å². The Kier molecular flexibility index (Phi) is 8.32. The molecule has 190 valence electrons. The zero-order valence-electron chi connectivity index (χ0n) is 20.0. The number of carbonyl (C=O) groups is 1. The van der Waals surface area contributed by atoms with E-state index in [4.69, 9.17) is 21.1 Å². The molecule has 0 aliphatic rings. The second kappa shape index (κ2) is 11.8. The Hall–Kier alpha value is -4.01. The van der Waals surface area contributed by atoms with Crippen LogP contribution in [-0.4, -0.2) is 27.5 Å². The molecule has 0 fully saturated rings. The molecule has 0 heterocycles. The Morgan fingerprint density at radius 3 is 2.27 bits per heavy atom. The molecule has 0 aliphatic carbocycles. The molecule has 4 rings (SSSR count). The zero-order chi connectivity index (χ0) is 26.3. The molecule has 2 N–H and O–H groups in total. The zero-order valence-corrected chi connectivity index (χ0v) is 21.6. The molecule has 9 heteroatoms. The number of amides is 1. The summed E-state index contributed by atoms with van der Waals surface area (Å²) < 4.78 is 39.8. The number of ether oxygens (including phenoxy) is 2. The predicted octanol–water partition coefficient (Wildman–Crippen LogP) is 6.16. The van der Waals surface area contributed by atoms with Gasteiger partial charge in [0.15, 0.2) is 0 Å². The number of aryl methyl sites for hydroxylation is 1. The van der Waals surface area contributed by atoms with Crippen LogP contribution in [0, 0.1) is 6.92 Å². The van der Waals surface area contributed by atoms with Crippen molar-refractivity contribution in [1.82, 2.24) is 0 Å². The summed E-state index contributed by atoms with van der Waals surface area (Å²) in [4.78, 5) is 13.1. The van der Waals surface area contributed by atoms with Crippen molar-refractivity contribution in [2.24, 2.45) is 0 Å². The van der Waals surface area contributed by atoms with Crippen molar-refractivity contribution in [3.8, 4) is 11.5 Å². The minimum Gasteiger partial charge on any atom is -0.490 e. The minimum absolute atomic E-state index is 0.00551. The number of benzene rings is 4. The molecule has 0 unspecified atom stereocenters. The van der Waals surface area contributed by atoms with Gasteiger partial charge in [-0.25, -0.2) is 8.42 Å². The number of nitrogens with one attached hydrogen (secondary N) is 2. The lowest BCUT2D eigenvalue weighted by Gasteiger charge is -2.15. The van der Waals surface area contributed by atoms with E-state index in [1.54, 1.807) is 61.5 Å². The smallest absolute Gasteiger partial charge is 0.261 e. The lowest BCUT2D eigenvalue weighted by molar-refractivity contribution is 0.102. The Morgan fingerprint density at radius 2 is 1.51 bits per heavy atom. The fraction of sp³-hybridized carbons (Fsp3) is 0.107. The van der Waals surface area contributed by atoms with Gasteiger partial charge in [-0.1, -0.05) is 48.0 Å². The minimum atomic E-state index is -3.89. The maximum atomic E-state index is 13.1. The summed E-state index contributed by atoms with van der Waals surface area (Å²) in [6.45, 7) is 2.32. The summed E-state index contributed by atoms with van der Waals surface area (Å²) in [5.41, 5.74) is 1.76. The third-order valence-corrected chi connectivity index (χ3v) is 6.98. The molecule has 0 saturated heterocycles. The highest BCUT2D eigenvalue weighted by atomic mass is 35.5. The van der Waals surface area contributed by atoms with Gasteiger partial charge in [-0.15, -0.1) is 0 Å². The van der Waals surface area contributed by atoms with Crippen LogP contribution < -0.4 is 19.5 Å². The van der Waals surface area contributed by atoms with Crippen molar-refractivity contribution in [2.45, 2.75) is 11.8 Å². The van der Waals surface area contributed by atoms with Crippen molar-refractivity contribution in [1.29, 1.82) is 0 Å². The van der Waals surface area contributed by atoms with Gasteiger partial charge in [0.25, 0.3) is 15.9 Å². The average Bonchev–Trinajstić information content (AvgIpc) is 2.90. The van der Waals surface area contributed by atoms with Crippen LogP contribution in [0.25, 0.3) is 0 Å². The molecule has 0 spiro atoms. The van der Waals surface area contributed by atoms with E-state index in [0.717, 1.165) is 5.75 Å². The second-order valence-electron chi connectivity index (χ2n) is 8.05. The second-order valence-corrected chi connectivity index (χ2v) is 10.2. The fourth-order valence-electron chi connectivity index (χ4n) is 3.43. The monoisotopic (exact) mass is 536 g/mol. The first kappa shape index (κ1) is 26.1. The first-order chi connectivity index (χ1) is 17.8. The summed E-state index contributed by atoms with van der Waals surface area (Å²) in [5, 5.41) is 3.30. The van der Waals surface area contributed by atoms with Crippen molar-refractivity contribution >= 4 is 38.9 Å². The number of anilines is 2. The lowest BCUT2D eigenvalue weighted by Crippen LogP contribution is -2.17. The standard InChI is InChI=1S/C28H25ClN2O5S/c1-20-11-16-24(37(33,34)31-22-14-12-21(29)13-15-22)19-26(20)30-28(32)25-9-5-6-10-27(25)36-18-17-35-23-7-3-2-4-8-23/h2-16,19,31H,17-18H2,1H3,(H,30,32). The van der Waals surface area contributed by atoms with E-state index in [9.17, 15) is 13.2 Å². The van der Waals surface area contributed by atoms with E-state index in [-0.39, 0.29) is 11.5 Å². The number of rotatable bonds is 10. The SMILES string of the molecule is Cc1ccc(S(=O)(=O)Nc2ccc(Cl)cc2)cc1NC(=O)c1ccccc1OCCOc1ccccc1. The maximum absolute atomic E-state index is 13.1. The molecule has 4 aromatic rings. The van der Waals surface area contributed by atoms with Gasteiger partial charge in [0, 0.05) is 16.4 Å². The van der Waals surface area contributed by atoms with Gasteiger partial charge in [-0.05, 0) is 73.2 Å². The molecule has 4 aromatic carbocycles. The molecule has 0 radical (unpaired) electrons. The van der Waals surface area contributed by atoms with Crippen molar-refractivity contribution in [3.63, 3.8) is 0 Å². The first-order valence-electron chi connectivity index (χ1n) is 11.4. The number of para-hydroxylation sites is 2. The van der Waals surface area contributed by atoms with Crippen LogP contribution in [0.15, 0.2) is 102 Å². The van der Waals surface area contributed by atoms with E-state index in [1.165, 1.54) is 12.1 Å². The van der Waals surface area contributed by atoms with Crippen LogP contribution in [0.3, 0.4) is 0 Å². The van der Waals surface area contributed by atoms with E-state index >= 15 is 0 Å². The quantitative estimate of drug-likeness (QED) is 0.237. The van der Waals surface area contributed by atoms with Gasteiger partial charge < -0.3 is 14.8 Å². The van der Waals surface area contributed by atoms with Crippen LogP contribution in [0.1, 0.15) is 15.9 Å². The number of hydrogen-bond donors (Lipinski definition) is 2. The van der Waals surface area contributed by atoms with Crippen LogP contribution >= 0.6 is 11.6 Å². The van der Waals surface area contributed by atoms with Gasteiger partial charge >= 0.3 is 0 Å². The molecule has 0 atom stereocenters. The predicted molar refractivity (Wildman–Crippen MR) is 145 cm³/mol. The third-order valence-electron chi connectivity index (χ3n) is 5.35. The summed E-state index contributed by atoms with van der Waals surface area (Å²) in [6, 6.07) is 27.0. The molecule has 37 heavy (non-hydrogen) atoms. The highest BCUT2D eigenvalue weighted by Crippen LogP contribution is 2.25. The highest BCUT2D eigenvalue weighted by Gasteiger charge is 2.18. The van der Waals surface area contributed by atoms with E-state index < -0.39 is 15.9 Å². The van der Waals surface area contributed by atoms with Gasteiger partial charge in [0.1, 0.15) is 24.7 Å². The molecule has 7 nitrogen and oxygen atoms in total. The Labute approximate surface area is 221 Å². The van der Waals surface area contributed by atoms with Crippen LogP contribution in [0.4, 0.5) is 11.4 Å². The van der Waals surface area contributed by atoms with Crippen LogP contribution in [-0.2, 0) is 10.0 Å². The lowest BCUT2D eigenvalue weighted by atomic mass is 10.1. The van der Waals surface area contributed by atoms with Gasteiger partial charge in [-0.2, -0.15) is 0 Å². The normalized spacial score (nSPS) is 11.0. The summed E-state index contributed by atoms with van der Waals surface area (Å²) >= 11 is 5.88. The number of halogens is 1. The Bertz CT molecular complexity index is 1480. The molecular formula is C28H25ClN2O5S. The maximum Gasteiger partial charge on any atom is 0.261 e. The topological polar surface area (TPSA) is 93.7 Å². The fourth-order valence-corrected chi connectivity index (χ4v) is 4.64. The van der Waals surface area contributed by atoms with E-state index in [1.807, 2.05) is 30.3 Å². The molecular weight excluding hydrogens is 512 g/mol. The number of sulfonamides is 1. The summed E-state index contributed by atoms with van der Waals surface area (Å²) in [6.07, 6.45) is 0. The van der Waals surface area contributed by atoms with E-state index in [0.29, 0.717) is 39.9 Å². The average molecular weight is 537 g/mol. The molecule has 1 amide bonds. The molecule has 0 aromatic heterocycles. The molecule has 0 aliphatic heterocycles. The third kappa shape index (κ3) is 7.03. The van der Waals surface area contributed by atoms with Gasteiger partial charge in [0.05, 0.1) is 10.5 Å². The van der Waals surface area contributed by atoms with Crippen molar-refractivity contribution in [2.75, 3.05) is 23.3 Å². The highest BCUT2D eigenvalue weighted by molar-refractivity contribution is 7.92.